The van der Waals surface area contributed by atoms with E-state index in [1.165, 1.54) is 17.7 Å². The Bertz CT molecular complexity index is 809. The van der Waals surface area contributed by atoms with E-state index in [1.807, 2.05) is 0 Å². The van der Waals surface area contributed by atoms with Crippen molar-refractivity contribution in [2.75, 3.05) is 12.8 Å². The zero-order chi connectivity index (χ0) is 24.5. The third-order valence-electron chi connectivity index (χ3n) is 8.98. The monoisotopic (exact) mass is 508 g/mol. The quantitative estimate of drug-likeness (QED) is 0.395. The molecule has 3 fully saturated rings. The first-order valence-corrected chi connectivity index (χ1v) is 15.2. The van der Waals surface area contributed by atoms with Crippen LogP contribution in [0, 0.1) is 23.7 Å². The molecule has 0 saturated heterocycles. The van der Waals surface area contributed by atoms with Gasteiger partial charge in [0.15, 0.2) is 6.04 Å². The van der Waals surface area contributed by atoms with Crippen LogP contribution in [0.5, 0.6) is 0 Å². The lowest BCUT2D eigenvalue weighted by molar-refractivity contribution is -0.192. The molecule has 2 unspecified atom stereocenters. The summed E-state index contributed by atoms with van der Waals surface area (Å²) >= 11 is 0. The summed E-state index contributed by atoms with van der Waals surface area (Å²) in [6.07, 6.45) is 5.99. The Hall–Kier alpha value is -0.860. The first-order valence-electron chi connectivity index (χ1n) is 13.3. The van der Waals surface area contributed by atoms with E-state index in [-0.39, 0.29) is 11.8 Å². The zero-order valence-electron chi connectivity index (χ0n) is 20.3. The molecule has 1 heterocycles. The maximum atomic E-state index is 14.5. The highest BCUT2D eigenvalue weighted by atomic mass is 32.2. The van der Waals surface area contributed by atoms with Crippen LogP contribution < -0.4 is 0 Å². The van der Waals surface area contributed by atoms with E-state index in [9.17, 15) is 26.0 Å². The first kappa shape index (κ1) is 26.2. The lowest BCUT2D eigenvalue weighted by Gasteiger charge is -2.38. The van der Waals surface area contributed by atoms with Crippen LogP contribution in [0.1, 0.15) is 89.9 Å². The highest BCUT2D eigenvalue weighted by Crippen LogP contribution is 2.47. The molecule has 3 saturated carbocycles. The van der Waals surface area contributed by atoms with Crippen LogP contribution in [-0.4, -0.2) is 55.6 Å². The second-order valence-electron chi connectivity index (χ2n) is 11.3. The summed E-state index contributed by atoms with van der Waals surface area (Å²) in [7, 11) is -3.15. The Labute approximate surface area is 201 Å². The van der Waals surface area contributed by atoms with Crippen molar-refractivity contribution in [3.05, 3.63) is 0 Å². The van der Waals surface area contributed by atoms with Crippen LogP contribution in [0.15, 0.2) is 5.10 Å². The molecule has 0 N–H and O–H groups in total. The summed E-state index contributed by atoms with van der Waals surface area (Å²) in [5.74, 6) is -0.605. The molecule has 4 aliphatic rings. The SMILES string of the molecule is CS(=O)(=O)C1CCC(C2=NN(CCC3CCCCC3)C(C(F)(F)F)C2C2CCC(F)CC2)CC1. The third-order valence-corrected chi connectivity index (χ3v) is 10.7. The maximum Gasteiger partial charge on any atom is 0.411 e. The normalized spacial score (nSPS) is 36.5. The molecule has 1 aliphatic heterocycles. The molecule has 196 valence electrons. The Kier molecular flexibility index (Phi) is 8.20. The van der Waals surface area contributed by atoms with Gasteiger partial charge in [-0.15, -0.1) is 0 Å². The third kappa shape index (κ3) is 6.09. The Morgan fingerprint density at radius 2 is 1.53 bits per heavy atom. The van der Waals surface area contributed by atoms with E-state index in [0.717, 1.165) is 32.1 Å². The van der Waals surface area contributed by atoms with Gasteiger partial charge in [-0.2, -0.15) is 18.3 Å². The van der Waals surface area contributed by atoms with Gasteiger partial charge < -0.3 is 0 Å². The average molecular weight is 509 g/mol. The second kappa shape index (κ2) is 10.6. The van der Waals surface area contributed by atoms with Crippen molar-refractivity contribution in [3.63, 3.8) is 0 Å². The number of hydrogen-bond acceptors (Lipinski definition) is 4. The molecule has 3 aliphatic carbocycles. The number of halogens is 4. The summed E-state index contributed by atoms with van der Waals surface area (Å²) in [6, 6.07) is -1.64. The van der Waals surface area contributed by atoms with Crippen molar-refractivity contribution in [2.24, 2.45) is 28.8 Å². The highest BCUT2D eigenvalue weighted by molar-refractivity contribution is 7.91. The standard InChI is InChI=1S/C25H40F4N2O2S/c1-34(32,33)21-13-9-19(10-14-21)23-22(18-7-11-20(26)12-8-18)24(25(27,28)29)31(30-23)16-15-17-5-3-2-4-6-17/h17-22,24H,2-16H2,1H3. The first-order chi connectivity index (χ1) is 16.0. The van der Waals surface area contributed by atoms with Gasteiger partial charge in [0.05, 0.1) is 5.25 Å². The topological polar surface area (TPSA) is 49.7 Å². The predicted octanol–water partition coefficient (Wildman–Crippen LogP) is 6.31. The van der Waals surface area contributed by atoms with Gasteiger partial charge in [0.25, 0.3) is 0 Å². The molecule has 0 aromatic carbocycles. The Morgan fingerprint density at radius 1 is 0.912 bits per heavy atom. The summed E-state index contributed by atoms with van der Waals surface area (Å²) in [6.45, 7) is 0.311. The lowest BCUT2D eigenvalue weighted by atomic mass is 9.69. The molecule has 0 aromatic rings. The number of hydrogen-bond donors (Lipinski definition) is 0. The van der Waals surface area contributed by atoms with Crippen LogP contribution in [-0.2, 0) is 9.84 Å². The van der Waals surface area contributed by atoms with Crippen LogP contribution in [0.2, 0.25) is 0 Å². The zero-order valence-corrected chi connectivity index (χ0v) is 21.1. The van der Waals surface area contributed by atoms with Crippen molar-refractivity contribution in [3.8, 4) is 0 Å². The Balaban J connectivity index is 1.56. The van der Waals surface area contributed by atoms with Crippen molar-refractivity contribution in [1.29, 1.82) is 0 Å². The maximum absolute atomic E-state index is 14.5. The minimum absolute atomic E-state index is 0.115. The second-order valence-corrected chi connectivity index (χ2v) is 13.6. The largest absolute Gasteiger partial charge is 0.411 e. The fourth-order valence-corrected chi connectivity index (χ4v) is 8.18. The fourth-order valence-electron chi connectivity index (χ4n) is 7.05. The average Bonchev–Trinajstić information content (AvgIpc) is 3.18. The smallest absolute Gasteiger partial charge is 0.284 e. The van der Waals surface area contributed by atoms with Gasteiger partial charge in [-0.3, -0.25) is 5.01 Å². The van der Waals surface area contributed by atoms with Crippen molar-refractivity contribution in [1.82, 2.24) is 5.01 Å². The molecule has 0 bridgehead atoms. The molecule has 2 atom stereocenters. The van der Waals surface area contributed by atoms with Gasteiger partial charge >= 0.3 is 6.18 Å². The van der Waals surface area contributed by atoms with Gasteiger partial charge in [0.1, 0.15) is 16.0 Å². The van der Waals surface area contributed by atoms with Gasteiger partial charge in [0, 0.05) is 24.4 Å². The van der Waals surface area contributed by atoms with Crippen LogP contribution in [0.4, 0.5) is 17.6 Å². The lowest BCUT2D eigenvalue weighted by Crippen LogP contribution is -2.49. The van der Waals surface area contributed by atoms with Crippen molar-refractivity contribution < 1.29 is 26.0 Å². The van der Waals surface area contributed by atoms with Gasteiger partial charge in [-0.1, -0.05) is 32.1 Å². The van der Waals surface area contributed by atoms with E-state index in [4.69, 9.17) is 5.10 Å². The molecular weight excluding hydrogens is 468 g/mol. The van der Waals surface area contributed by atoms with E-state index >= 15 is 0 Å². The fraction of sp³-hybridized carbons (Fsp3) is 0.960. The number of rotatable bonds is 6. The van der Waals surface area contributed by atoms with E-state index in [0.29, 0.717) is 69.5 Å². The number of sulfone groups is 1. The van der Waals surface area contributed by atoms with E-state index < -0.39 is 39.4 Å². The summed E-state index contributed by atoms with van der Waals surface area (Å²) in [4.78, 5) is 0. The Morgan fingerprint density at radius 3 is 2.09 bits per heavy atom. The van der Waals surface area contributed by atoms with Crippen LogP contribution in [0.25, 0.3) is 0 Å². The number of alkyl halides is 4. The number of nitrogens with zero attached hydrogens (tertiary/aromatic N) is 2. The van der Waals surface area contributed by atoms with Gasteiger partial charge in [-0.25, -0.2) is 12.8 Å². The molecule has 0 radical (unpaired) electrons. The van der Waals surface area contributed by atoms with E-state index in [2.05, 4.69) is 0 Å². The molecular formula is C25H40F4N2O2S. The molecule has 4 nitrogen and oxygen atoms in total. The highest BCUT2D eigenvalue weighted by Gasteiger charge is 2.57. The predicted molar refractivity (Wildman–Crippen MR) is 126 cm³/mol. The molecule has 4 rings (SSSR count). The van der Waals surface area contributed by atoms with Crippen molar-refractivity contribution in [2.45, 2.75) is 114 Å². The van der Waals surface area contributed by atoms with Crippen molar-refractivity contribution >= 4 is 15.5 Å². The minimum Gasteiger partial charge on any atom is -0.284 e. The minimum atomic E-state index is -4.40. The summed E-state index contributed by atoms with van der Waals surface area (Å²) < 4.78 is 81.5. The molecule has 0 aromatic heterocycles. The van der Waals surface area contributed by atoms with Gasteiger partial charge in [0.2, 0.25) is 0 Å². The number of hydrazone groups is 1. The molecule has 34 heavy (non-hydrogen) atoms. The van der Waals surface area contributed by atoms with Gasteiger partial charge in [-0.05, 0) is 75.5 Å². The summed E-state index contributed by atoms with van der Waals surface area (Å²) in [5.41, 5.74) is 0.625. The van der Waals surface area contributed by atoms with Crippen LogP contribution in [0.3, 0.4) is 0 Å². The van der Waals surface area contributed by atoms with E-state index in [1.54, 1.807) is 0 Å². The molecule has 0 spiro atoms. The molecule has 0 amide bonds. The van der Waals surface area contributed by atoms with Crippen LogP contribution >= 0.6 is 0 Å². The summed E-state index contributed by atoms with van der Waals surface area (Å²) in [5, 5.41) is 5.62. The molecule has 9 heteroatoms.